The van der Waals surface area contributed by atoms with Crippen LogP contribution in [-0.4, -0.2) is 35.6 Å². The van der Waals surface area contributed by atoms with Gasteiger partial charge in [0.25, 0.3) is 5.91 Å². The van der Waals surface area contributed by atoms with E-state index in [2.05, 4.69) is 15.3 Å². The molecule has 2 aromatic carbocycles. The molecular weight excluding hydrogens is 373 g/mol. The number of hydrogen-bond donors (Lipinski definition) is 1. The van der Waals surface area contributed by atoms with E-state index >= 15 is 0 Å². The molecule has 0 radical (unpaired) electrons. The van der Waals surface area contributed by atoms with E-state index in [1.54, 1.807) is 24.5 Å². The van der Waals surface area contributed by atoms with Crippen LogP contribution in [0.4, 0.5) is 4.39 Å². The number of nitrogens with zero attached hydrogens (tertiary/aromatic N) is 2. The quantitative estimate of drug-likeness (QED) is 0.549. The number of benzene rings is 2. The summed E-state index contributed by atoms with van der Waals surface area (Å²) in [5.74, 6) is -0.0329. The van der Waals surface area contributed by atoms with Crippen molar-refractivity contribution in [2.75, 3.05) is 19.8 Å². The lowest BCUT2D eigenvalue weighted by Crippen LogP contribution is -2.25. The molecule has 0 fully saturated rings. The minimum Gasteiger partial charge on any atom is -0.424 e. The number of aromatic nitrogens is 2. The van der Waals surface area contributed by atoms with Crippen molar-refractivity contribution in [1.29, 1.82) is 0 Å². The van der Waals surface area contributed by atoms with Gasteiger partial charge in [0.15, 0.2) is 0 Å². The molecular formula is C22H22FN3O3. The second-order valence-electron chi connectivity index (χ2n) is 6.20. The van der Waals surface area contributed by atoms with Gasteiger partial charge in [0.05, 0.1) is 0 Å². The molecule has 6 nitrogen and oxygen atoms in total. The van der Waals surface area contributed by atoms with E-state index in [1.807, 2.05) is 19.1 Å². The van der Waals surface area contributed by atoms with Gasteiger partial charge in [-0.25, -0.2) is 14.4 Å². The highest BCUT2D eigenvalue weighted by Crippen LogP contribution is 2.22. The van der Waals surface area contributed by atoms with E-state index in [0.29, 0.717) is 31.1 Å². The predicted molar refractivity (Wildman–Crippen MR) is 107 cm³/mol. The van der Waals surface area contributed by atoms with Gasteiger partial charge >= 0.3 is 6.01 Å². The van der Waals surface area contributed by atoms with Crippen molar-refractivity contribution in [3.63, 3.8) is 0 Å². The van der Waals surface area contributed by atoms with Crippen molar-refractivity contribution in [3.8, 4) is 22.9 Å². The predicted octanol–water partition coefficient (Wildman–Crippen LogP) is 4.23. The van der Waals surface area contributed by atoms with Crippen molar-refractivity contribution >= 4 is 5.91 Å². The number of amides is 1. The van der Waals surface area contributed by atoms with Gasteiger partial charge < -0.3 is 14.8 Å². The average Bonchev–Trinajstić information content (AvgIpc) is 2.76. The molecule has 0 aliphatic carbocycles. The molecule has 3 aromatic rings. The van der Waals surface area contributed by atoms with Gasteiger partial charge in [-0.3, -0.25) is 4.79 Å². The first-order valence-electron chi connectivity index (χ1n) is 9.37. The zero-order valence-corrected chi connectivity index (χ0v) is 16.1. The maximum atomic E-state index is 13.0. The van der Waals surface area contributed by atoms with Crippen molar-refractivity contribution in [2.45, 2.75) is 13.3 Å². The lowest BCUT2D eigenvalue weighted by molar-refractivity contribution is 0.0944. The van der Waals surface area contributed by atoms with Crippen LogP contribution < -0.4 is 10.1 Å². The lowest BCUT2D eigenvalue weighted by Gasteiger charge is -2.08. The first-order valence-corrected chi connectivity index (χ1v) is 9.37. The average molecular weight is 395 g/mol. The van der Waals surface area contributed by atoms with Gasteiger partial charge in [-0.15, -0.1) is 0 Å². The topological polar surface area (TPSA) is 73.3 Å². The Labute approximate surface area is 168 Å². The summed E-state index contributed by atoms with van der Waals surface area (Å²) >= 11 is 0. The SMILES string of the molecule is CCOCCCNC(=O)c1cccc(-c2cnc(Oc3ccc(F)cc3)nc2)c1. The minimum absolute atomic E-state index is 0.138. The fraction of sp³-hybridized carbons (Fsp3) is 0.227. The molecule has 1 heterocycles. The first-order chi connectivity index (χ1) is 14.2. The van der Waals surface area contributed by atoms with Gasteiger partial charge in [-0.1, -0.05) is 12.1 Å². The molecule has 29 heavy (non-hydrogen) atoms. The number of nitrogens with one attached hydrogen (secondary N) is 1. The Bertz CT molecular complexity index is 931. The molecule has 1 amide bonds. The Kier molecular flexibility index (Phi) is 7.24. The molecule has 0 spiro atoms. The van der Waals surface area contributed by atoms with Crippen LogP contribution in [0.5, 0.6) is 11.8 Å². The van der Waals surface area contributed by atoms with Gasteiger partial charge in [-0.05, 0) is 55.3 Å². The molecule has 3 rings (SSSR count). The summed E-state index contributed by atoms with van der Waals surface area (Å²) in [5.41, 5.74) is 2.13. The second-order valence-corrected chi connectivity index (χ2v) is 6.20. The highest BCUT2D eigenvalue weighted by Gasteiger charge is 2.08. The van der Waals surface area contributed by atoms with Crippen LogP contribution in [0.1, 0.15) is 23.7 Å². The van der Waals surface area contributed by atoms with Crippen molar-refractivity contribution in [3.05, 3.63) is 72.3 Å². The molecule has 0 bridgehead atoms. The number of halogens is 1. The zero-order chi connectivity index (χ0) is 20.5. The third kappa shape index (κ3) is 6.08. The van der Waals surface area contributed by atoms with E-state index < -0.39 is 0 Å². The number of carbonyl (C=O) groups excluding carboxylic acids is 1. The molecule has 0 atom stereocenters. The van der Waals surface area contributed by atoms with Crippen molar-refractivity contribution in [2.24, 2.45) is 0 Å². The smallest absolute Gasteiger partial charge is 0.321 e. The number of ether oxygens (including phenoxy) is 2. The highest BCUT2D eigenvalue weighted by molar-refractivity contribution is 5.95. The van der Waals surface area contributed by atoms with Crippen LogP contribution in [0.15, 0.2) is 60.9 Å². The maximum absolute atomic E-state index is 13.0. The Balaban J connectivity index is 1.62. The van der Waals surface area contributed by atoms with Gasteiger partial charge in [0.1, 0.15) is 11.6 Å². The second kappa shape index (κ2) is 10.3. The van der Waals surface area contributed by atoms with E-state index in [9.17, 15) is 9.18 Å². The fourth-order valence-corrected chi connectivity index (χ4v) is 2.59. The third-order valence-electron chi connectivity index (χ3n) is 4.06. The van der Waals surface area contributed by atoms with Crippen LogP contribution >= 0.6 is 0 Å². The largest absolute Gasteiger partial charge is 0.424 e. The van der Waals surface area contributed by atoms with Crippen molar-refractivity contribution < 1.29 is 18.7 Å². The summed E-state index contributed by atoms with van der Waals surface area (Å²) in [6, 6.07) is 13.0. The Morgan fingerprint density at radius 1 is 1.07 bits per heavy atom. The van der Waals surface area contributed by atoms with Crippen LogP contribution in [0, 0.1) is 5.82 Å². The van der Waals surface area contributed by atoms with E-state index in [0.717, 1.165) is 17.5 Å². The van der Waals surface area contributed by atoms with Crippen LogP contribution in [0.2, 0.25) is 0 Å². The number of rotatable bonds is 9. The maximum Gasteiger partial charge on any atom is 0.321 e. The summed E-state index contributed by atoms with van der Waals surface area (Å²) in [4.78, 5) is 20.7. The molecule has 0 aliphatic heterocycles. The molecule has 1 N–H and O–H groups in total. The first kappa shape index (κ1) is 20.4. The van der Waals surface area contributed by atoms with E-state index in [-0.39, 0.29) is 17.7 Å². The van der Waals surface area contributed by atoms with Gasteiger partial charge in [0.2, 0.25) is 0 Å². The summed E-state index contributed by atoms with van der Waals surface area (Å²) < 4.78 is 23.7. The fourth-order valence-electron chi connectivity index (χ4n) is 2.59. The van der Waals surface area contributed by atoms with Crippen LogP contribution in [0.3, 0.4) is 0 Å². The molecule has 7 heteroatoms. The standard InChI is InChI=1S/C22H22FN3O3/c1-2-28-12-4-11-24-21(27)17-6-3-5-16(13-17)18-14-25-22(26-15-18)29-20-9-7-19(23)8-10-20/h3,5-10,13-15H,2,4,11-12H2,1H3,(H,24,27). The lowest BCUT2D eigenvalue weighted by atomic mass is 10.1. The van der Waals surface area contributed by atoms with Gasteiger partial charge in [0, 0.05) is 43.3 Å². The molecule has 0 unspecified atom stereocenters. The molecule has 0 saturated heterocycles. The third-order valence-corrected chi connectivity index (χ3v) is 4.06. The van der Waals surface area contributed by atoms with Crippen LogP contribution in [-0.2, 0) is 4.74 Å². The normalized spacial score (nSPS) is 10.6. The van der Waals surface area contributed by atoms with Crippen molar-refractivity contribution in [1.82, 2.24) is 15.3 Å². The molecule has 150 valence electrons. The monoisotopic (exact) mass is 395 g/mol. The van der Waals surface area contributed by atoms with E-state index in [1.165, 1.54) is 24.3 Å². The summed E-state index contributed by atoms with van der Waals surface area (Å²) in [6.07, 6.45) is 4.00. The zero-order valence-electron chi connectivity index (χ0n) is 16.1. The van der Waals surface area contributed by atoms with E-state index in [4.69, 9.17) is 9.47 Å². The molecule has 0 aliphatic rings. The Morgan fingerprint density at radius 2 is 1.83 bits per heavy atom. The summed E-state index contributed by atoms with van der Waals surface area (Å²) in [6.45, 7) is 3.79. The molecule has 1 aromatic heterocycles. The van der Waals surface area contributed by atoms with Gasteiger partial charge in [-0.2, -0.15) is 0 Å². The minimum atomic E-state index is -0.341. The summed E-state index contributed by atoms with van der Waals surface area (Å²) in [5, 5.41) is 2.88. The highest BCUT2D eigenvalue weighted by atomic mass is 19.1. The number of carbonyl (C=O) groups is 1. The Morgan fingerprint density at radius 3 is 2.55 bits per heavy atom. The molecule has 0 saturated carbocycles. The Hall–Kier alpha value is -3.32. The summed E-state index contributed by atoms with van der Waals surface area (Å²) in [7, 11) is 0. The number of hydrogen-bond acceptors (Lipinski definition) is 5. The van der Waals surface area contributed by atoms with Crippen LogP contribution in [0.25, 0.3) is 11.1 Å².